The van der Waals surface area contributed by atoms with Crippen LogP contribution in [0.15, 0.2) is 86.1 Å². The van der Waals surface area contributed by atoms with Gasteiger partial charge < -0.3 is 13.9 Å². The molecule has 5 rings (SSSR count). The van der Waals surface area contributed by atoms with Crippen molar-refractivity contribution in [3.05, 3.63) is 114 Å². The fraction of sp³-hybridized carbons (Fsp3) is 0.172. The fourth-order valence-electron chi connectivity index (χ4n) is 4.38. The monoisotopic (exact) mass is 546 g/mol. The summed E-state index contributed by atoms with van der Waals surface area (Å²) in [5.74, 6) is -0.566. The second-order valence-electron chi connectivity index (χ2n) is 8.63. The van der Waals surface area contributed by atoms with Gasteiger partial charge in [0.15, 0.2) is 4.80 Å². The molecule has 4 aromatic rings. The largest absolute Gasteiger partial charge is 0.465 e. The van der Waals surface area contributed by atoms with E-state index in [0.717, 1.165) is 11.3 Å². The van der Waals surface area contributed by atoms with E-state index in [1.807, 2.05) is 0 Å². The lowest BCUT2D eigenvalue weighted by Crippen LogP contribution is -2.39. The third-order valence-electron chi connectivity index (χ3n) is 6.17. The van der Waals surface area contributed by atoms with E-state index in [1.165, 1.54) is 35.9 Å². The van der Waals surface area contributed by atoms with Crippen molar-refractivity contribution in [1.82, 2.24) is 4.57 Å². The molecule has 0 fully saturated rings. The molecule has 2 aromatic carbocycles. The molecule has 0 aliphatic carbocycles. The Kier molecular flexibility index (Phi) is 7.12. The minimum Gasteiger partial charge on any atom is -0.465 e. The maximum atomic E-state index is 13.7. The van der Waals surface area contributed by atoms with Crippen LogP contribution in [0.25, 0.3) is 17.4 Å². The van der Waals surface area contributed by atoms with Gasteiger partial charge in [0.05, 0.1) is 41.1 Å². The Morgan fingerprint density at radius 3 is 2.62 bits per heavy atom. The van der Waals surface area contributed by atoms with E-state index in [4.69, 9.17) is 13.9 Å². The SMILES string of the molecule is CCOC(=O)C1=C(C)N=c2s/c(=C\c3ccc(-c4cccc(C(=O)OC)c4)o3)c(=O)n2[C@H]1c1ccc(F)cc1. The number of allylic oxidation sites excluding steroid dienone is 1. The van der Waals surface area contributed by atoms with Crippen molar-refractivity contribution in [2.45, 2.75) is 19.9 Å². The van der Waals surface area contributed by atoms with E-state index in [-0.39, 0.29) is 17.7 Å². The van der Waals surface area contributed by atoms with Gasteiger partial charge in [0.25, 0.3) is 5.56 Å². The smallest absolute Gasteiger partial charge is 0.338 e. The molecule has 8 nitrogen and oxygen atoms in total. The average molecular weight is 547 g/mol. The van der Waals surface area contributed by atoms with Gasteiger partial charge in [-0.3, -0.25) is 9.36 Å². The molecule has 0 bridgehead atoms. The van der Waals surface area contributed by atoms with Gasteiger partial charge >= 0.3 is 11.9 Å². The number of aromatic nitrogens is 1. The molecule has 10 heteroatoms. The number of hydrogen-bond donors (Lipinski definition) is 0. The van der Waals surface area contributed by atoms with E-state index in [9.17, 15) is 18.8 Å². The van der Waals surface area contributed by atoms with Gasteiger partial charge in [-0.1, -0.05) is 35.6 Å². The quantitative estimate of drug-likeness (QED) is 0.339. The van der Waals surface area contributed by atoms with Crippen LogP contribution >= 0.6 is 11.3 Å². The van der Waals surface area contributed by atoms with Crippen molar-refractivity contribution in [3.63, 3.8) is 0 Å². The maximum Gasteiger partial charge on any atom is 0.338 e. The molecule has 0 N–H and O–H groups in total. The summed E-state index contributed by atoms with van der Waals surface area (Å²) in [7, 11) is 1.31. The van der Waals surface area contributed by atoms with Crippen molar-refractivity contribution in [3.8, 4) is 11.3 Å². The van der Waals surface area contributed by atoms with E-state index < -0.39 is 23.8 Å². The van der Waals surface area contributed by atoms with E-state index in [0.29, 0.717) is 43.2 Å². The van der Waals surface area contributed by atoms with Crippen LogP contribution in [0.4, 0.5) is 4.39 Å². The summed E-state index contributed by atoms with van der Waals surface area (Å²) >= 11 is 1.15. The normalized spacial score (nSPS) is 15.1. The van der Waals surface area contributed by atoms with Crippen LogP contribution in [-0.4, -0.2) is 30.2 Å². The van der Waals surface area contributed by atoms with E-state index in [2.05, 4.69) is 4.99 Å². The Hall–Kier alpha value is -4.57. The number of thiazole rings is 1. The molecule has 2 aromatic heterocycles. The Morgan fingerprint density at radius 2 is 1.90 bits per heavy atom. The number of nitrogens with zero attached hydrogens (tertiary/aromatic N) is 2. The van der Waals surface area contributed by atoms with Gasteiger partial charge in [0, 0.05) is 11.6 Å². The number of carbonyl (C=O) groups excluding carboxylic acids is 2. The summed E-state index contributed by atoms with van der Waals surface area (Å²) in [6.45, 7) is 3.53. The standard InChI is InChI=1S/C29H23FN2O6S/c1-4-37-28(35)24-16(2)31-29-32(25(24)17-8-10-20(30)11-9-17)26(33)23(39-29)15-21-12-13-22(38-21)18-6-5-7-19(14-18)27(34)36-3/h5-15,25H,4H2,1-3H3/b23-15-/t25-/m0/s1. The maximum absolute atomic E-state index is 13.7. The zero-order valence-corrected chi connectivity index (χ0v) is 22.1. The Bertz CT molecular complexity index is 1800. The third-order valence-corrected chi connectivity index (χ3v) is 7.15. The number of methoxy groups -OCH3 is 1. The van der Waals surface area contributed by atoms with Crippen molar-refractivity contribution in [2.75, 3.05) is 13.7 Å². The Morgan fingerprint density at radius 1 is 1.13 bits per heavy atom. The molecule has 198 valence electrons. The lowest BCUT2D eigenvalue weighted by atomic mass is 9.96. The van der Waals surface area contributed by atoms with Crippen LogP contribution < -0.4 is 14.9 Å². The van der Waals surface area contributed by atoms with Crippen molar-refractivity contribution >= 4 is 29.4 Å². The highest BCUT2D eigenvalue weighted by Gasteiger charge is 2.33. The average Bonchev–Trinajstić information content (AvgIpc) is 3.52. The topological polar surface area (TPSA) is 100 Å². The number of fused-ring (bicyclic) bond motifs is 1. The molecular formula is C29H23FN2O6S. The number of rotatable bonds is 6. The summed E-state index contributed by atoms with van der Waals surface area (Å²) in [6.07, 6.45) is 1.60. The van der Waals surface area contributed by atoms with Crippen LogP contribution in [0, 0.1) is 5.82 Å². The summed E-state index contributed by atoms with van der Waals surface area (Å²) in [4.78, 5) is 43.4. The first-order chi connectivity index (χ1) is 18.8. The summed E-state index contributed by atoms with van der Waals surface area (Å²) in [5, 5.41) is 0. The number of hydrogen-bond acceptors (Lipinski definition) is 8. The molecule has 0 spiro atoms. The highest BCUT2D eigenvalue weighted by Crippen LogP contribution is 2.31. The third kappa shape index (κ3) is 4.98. The first-order valence-corrected chi connectivity index (χ1v) is 12.9. The van der Waals surface area contributed by atoms with Gasteiger partial charge in [-0.25, -0.2) is 19.0 Å². The summed E-state index contributed by atoms with van der Waals surface area (Å²) in [5.41, 5.74) is 1.86. The Labute approximate surface area is 226 Å². The first-order valence-electron chi connectivity index (χ1n) is 12.0. The van der Waals surface area contributed by atoms with Crippen LogP contribution in [0.2, 0.25) is 0 Å². The molecule has 0 saturated carbocycles. The summed E-state index contributed by atoms with van der Waals surface area (Å²) in [6, 6.07) is 15.1. The predicted octanol–water partition coefficient (Wildman–Crippen LogP) is 3.98. The molecule has 0 saturated heterocycles. The van der Waals surface area contributed by atoms with E-state index in [1.54, 1.807) is 56.3 Å². The number of carbonyl (C=O) groups is 2. The second kappa shape index (κ2) is 10.7. The van der Waals surface area contributed by atoms with Crippen molar-refractivity contribution < 1.29 is 27.9 Å². The van der Waals surface area contributed by atoms with Gasteiger partial charge in [0.1, 0.15) is 17.3 Å². The zero-order chi connectivity index (χ0) is 27.7. The number of furan rings is 1. The molecular weight excluding hydrogens is 523 g/mol. The Balaban J connectivity index is 1.60. The minimum atomic E-state index is -0.837. The predicted molar refractivity (Wildman–Crippen MR) is 142 cm³/mol. The van der Waals surface area contributed by atoms with Gasteiger partial charge in [-0.2, -0.15) is 0 Å². The second-order valence-corrected chi connectivity index (χ2v) is 9.64. The zero-order valence-electron chi connectivity index (χ0n) is 21.3. The van der Waals surface area contributed by atoms with Gasteiger partial charge in [-0.15, -0.1) is 0 Å². The van der Waals surface area contributed by atoms with Crippen LogP contribution in [0.5, 0.6) is 0 Å². The molecule has 0 radical (unpaired) electrons. The highest BCUT2D eigenvalue weighted by atomic mass is 32.1. The van der Waals surface area contributed by atoms with E-state index >= 15 is 0 Å². The highest BCUT2D eigenvalue weighted by molar-refractivity contribution is 7.07. The molecule has 1 aliphatic heterocycles. The number of benzene rings is 2. The number of halogens is 1. The molecule has 1 aliphatic rings. The molecule has 1 atom stereocenters. The van der Waals surface area contributed by atoms with Gasteiger partial charge in [0.2, 0.25) is 0 Å². The van der Waals surface area contributed by atoms with Crippen molar-refractivity contribution in [1.29, 1.82) is 0 Å². The lowest BCUT2D eigenvalue weighted by molar-refractivity contribution is -0.139. The molecule has 39 heavy (non-hydrogen) atoms. The van der Waals surface area contributed by atoms with Crippen molar-refractivity contribution in [2.24, 2.45) is 4.99 Å². The summed E-state index contributed by atoms with van der Waals surface area (Å²) < 4.78 is 31.5. The molecule has 0 unspecified atom stereocenters. The number of esters is 2. The molecule has 3 heterocycles. The first kappa shape index (κ1) is 26.1. The number of ether oxygens (including phenoxy) is 2. The fourth-order valence-corrected chi connectivity index (χ4v) is 5.41. The molecule has 0 amide bonds. The minimum absolute atomic E-state index is 0.152. The lowest BCUT2D eigenvalue weighted by Gasteiger charge is -2.24. The van der Waals surface area contributed by atoms with Crippen LogP contribution in [-0.2, 0) is 14.3 Å². The van der Waals surface area contributed by atoms with Crippen LogP contribution in [0.3, 0.4) is 0 Å². The van der Waals surface area contributed by atoms with Crippen LogP contribution in [0.1, 0.15) is 41.6 Å². The van der Waals surface area contributed by atoms with Gasteiger partial charge in [-0.05, 0) is 55.8 Å².